The van der Waals surface area contributed by atoms with Crippen LogP contribution in [0.4, 0.5) is 10.5 Å². The molecule has 0 aromatic heterocycles. The molecule has 1 aromatic rings. The monoisotopic (exact) mass is 314 g/mol. The van der Waals surface area contributed by atoms with Gasteiger partial charge < -0.3 is 14.9 Å². The maximum Gasteiger partial charge on any atom is 0.407 e. The van der Waals surface area contributed by atoms with Gasteiger partial charge in [0.25, 0.3) is 0 Å². The normalized spacial score (nSPS) is 19.7. The molecule has 1 N–H and O–H groups in total. The molecule has 1 amide bonds. The summed E-state index contributed by atoms with van der Waals surface area (Å²) < 4.78 is 0. The van der Waals surface area contributed by atoms with E-state index < -0.39 is 6.09 Å². The van der Waals surface area contributed by atoms with Gasteiger partial charge in [0.2, 0.25) is 0 Å². The van der Waals surface area contributed by atoms with Gasteiger partial charge in [0, 0.05) is 37.4 Å². The third-order valence-corrected chi connectivity index (χ3v) is 4.93. The van der Waals surface area contributed by atoms with Crippen molar-refractivity contribution in [3.05, 3.63) is 35.9 Å². The molecule has 3 rings (SSSR count). The number of rotatable bonds is 2. The van der Waals surface area contributed by atoms with Crippen molar-refractivity contribution in [1.29, 1.82) is 0 Å². The van der Waals surface area contributed by atoms with Crippen molar-refractivity contribution in [2.45, 2.75) is 38.5 Å². The lowest BCUT2D eigenvalue weighted by atomic mass is 9.93. The number of carbonyl (C=O) groups is 1. The Kier molecular flexibility index (Phi) is 5.21. The van der Waals surface area contributed by atoms with Crippen LogP contribution in [-0.4, -0.2) is 42.3 Å². The van der Waals surface area contributed by atoms with Crippen LogP contribution in [0.5, 0.6) is 0 Å². The molecule has 0 unspecified atom stereocenters. The molecule has 0 saturated carbocycles. The summed E-state index contributed by atoms with van der Waals surface area (Å²) in [5.74, 6) is 0. The Bertz CT molecular complexity index is 574. The van der Waals surface area contributed by atoms with E-state index in [1.807, 2.05) is 0 Å². The number of amides is 1. The van der Waals surface area contributed by atoms with Gasteiger partial charge in [-0.2, -0.15) is 0 Å². The van der Waals surface area contributed by atoms with Crippen molar-refractivity contribution >= 4 is 17.4 Å². The largest absolute Gasteiger partial charge is 0.465 e. The summed E-state index contributed by atoms with van der Waals surface area (Å²) >= 11 is 0. The van der Waals surface area contributed by atoms with Gasteiger partial charge in [0.1, 0.15) is 0 Å². The maximum atomic E-state index is 11.1. The molecule has 0 radical (unpaired) electrons. The van der Waals surface area contributed by atoms with Gasteiger partial charge in [0.05, 0.1) is 0 Å². The molecule has 1 fully saturated rings. The fourth-order valence-corrected chi connectivity index (χ4v) is 3.60. The second-order valence-electron chi connectivity index (χ2n) is 6.46. The lowest BCUT2D eigenvalue weighted by Gasteiger charge is -2.36. The fraction of sp³-hybridized carbons (Fsp3) is 0.526. The van der Waals surface area contributed by atoms with Crippen molar-refractivity contribution in [3.63, 3.8) is 0 Å². The number of benzene rings is 1. The minimum Gasteiger partial charge on any atom is -0.465 e. The molecule has 124 valence electrons. The first-order valence-electron chi connectivity index (χ1n) is 8.77. The van der Waals surface area contributed by atoms with E-state index in [4.69, 9.17) is 5.11 Å². The van der Waals surface area contributed by atoms with E-state index in [0.717, 1.165) is 19.5 Å². The Hall–Kier alpha value is -1.97. The van der Waals surface area contributed by atoms with Crippen LogP contribution in [0.15, 0.2) is 30.3 Å². The molecule has 4 heteroatoms. The lowest BCUT2D eigenvalue weighted by Crippen LogP contribution is -2.48. The fourth-order valence-electron chi connectivity index (χ4n) is 3.60. The molecule has 1 aromatic carbocycles. The Morgan fingerprint density at radius 1 is 0.957 bits per heavy atom. The standard InChI is InChI=1S/C19H26N2O2/c22-19(23)21-14-12-20(13-15-21)18-11-7-6-10-17(18)16-8-4-2-1-3-5-9-16/h6-8,10-11H,1-5,9,12-15H2,(H,22,23). The second-order valence-corrected chi connectivity index (χ2v) is 6.46. The summed E-state index contributed by atoms with van der Waals surface area (Å²) in [4.78, 5) is 14.9. The molecule has 23 heavy (non-hydrogen) atoms. The van der Waals surface area contributed by atoms with E-state index in [9.17, 15) is 4.79 Å². The third kappa shape index (κ3) is 3.87. The number of hydrogen-bond acceptors (Lipinski definition) is 2. The van der Waals surface area contributed by atoms with Crippen molar-refractivity contribution in [3.8, 4) is 0 Å². The molecule has 0 spiro atoms. The van der Waals surface area contributed by atoms with Crippen LogP contribution in [0.1, 0.15) is 44.1 Å². The van der Waals surface area contributed by atoms with E-state index in [2.05, 4.69) is 35.2 Å². The van der Waals surface area contributed by atoms with Crippen LogP contribution >= 0.6 is 0 Å². The summed E-state index contributed by atoms with van der Waals surface area (Å²) in [5.41, 5.74) is 4.09. The number of nitrogens with zero attached hydrogens (tertiary/aromatic N) is 2. The zero-order valence-corrected chi connectivity index (χ0v) is 13.7. The van der Waals surface area contributed by atoms with E-state index in [1.165, 1.54) is 53.8 Å². The Morgan fingerprint density at radius 3 is 2.48 bits per heavy atom. The van der Waals surface area contributed by atoms with Crippen molar-refractivity contribution in [1.82, 2.24) is 4.90 Å². The molecule has 1 saturated heterocycles. The Morgan fingerprint density at radius 2 is 1.70 bits per heavy atom. The van der Waals surface area contributed by atoms with Crippen LogP contribution in [0.3, 0.4) is 0 Å². The number of allylic oxidation sites excluding steroid dienone is 2. The first-order valence-corrected chi connectivity index (χ1v) is 8.77. The minimum absolute atomic E-state index is 0.586. The predicted molar refractivity (Wildman–Crippen MR) is 93.9 cm³/mol. The van der Waals surface area contributed by atoms with Crippen LogP contribution in [0, 0.1) is 0 Å². The first kappa shape index (κ1) is 15.9. The smallest absolute Gasteiger partial charge is 0.407 e. The average molecular weight is 314 g/mol. The molecule has 4 nitrogen and oxygen atoms in total. The number of piperazine rings is 1. The molecule has 2 aliphatic rings. The molecular weight excluding hydrogens is 288 g/mol. The Labute approximate surface area is 138 Å². The maximum absolute atomic E-state index is 11.1. The lowest BCUT2D eigenvalue weighted by molar-refractivity contribution is 0.142. The highest BCUT2D eigenvalue weighted by molar-refractivity contribution is 5.77. The third-order valence-electron chi connectivity index (χ3n) is 4.93. The SMILES string of the molecule is O=C(O)N1CCN(c2ccccc2C2=CCCCCCC2)CC1. The highest BCUT2D eigenvalue weighted by atomic mass is 16.4. The topological polar surface area (TPSA) is 43.8 Å². The predicted octanol–water partition coefficient (Wildman–Crippen LogP) is 4.22. The molecule has 1 aliphatic carbocycles. The molecule has 0 atom stereocenters. The van der Waals surface area contributed by atoms with Gasteiger partial charge in [-0.1, -0.05) is 37.1 Å². The number of hydrogen-bond donors (Lipinski definition) is 1. The molecule has 1 heterocycles. The average Bonchev–Trinajstić information content (AvgIpc) is 2.55. The van der Waals surface area contributed by atoms with E-state index in [0.29, 0.717) is 13.1 Å². The van der Waals surface area contributed by atoms with Gasteiger partial charge >= 0.3 is 6.09 Å². The highest BCUT2D eigenvalue weighted by Gasteiger charge is 2.22. The van der Waals surface area contributed by atoms with Crippen LogP contribution in [0.2, 0.25) is 0 Å². The van der Waals surface area contributed by atoms with Crippen LogP contribution in [0.25, 0.3) is 5.57 Å². The summed E-state index contributed by atoms with van der Waals surface area (Å²) in [6.07, 6.45) is 9.20. The molecule has 1 aliphatic heterocycles. The number of anilines is 1. The summed E-state index contributed by atoms with van der Waals surface area (Å²) in [7, 11) is 0. The van der Waals surface area contributed by atoms with Gasteiger partial charge in [0.15, 0.2) is 0 Å². The van der Waals surface area contributed by atoms with E-state index in [1.54, 1.807) is 0 Å². The van der Waals surface area contributed by atoms with Gasteiger partial charge in [-0.25, -0.2) is 4.79 Å². The quantitative estimate of drug-likeness (QED) is 0.888. The van der Waals surface area contributed by atoms with Crippen LogP contribution < -0.4 is 4.90 Å². The van der Waals surface area contributed by atoms with E-state index in [-0.39, 0.29) is 0 Å². The van der Waals surface area contributed by atoms with Gasteiger partial charge in [-0.3, -0.25) is 0 Å². The summed E-state index contributed by atoms with van der Waals surface area (Å²) in [6, 6.07) is 8.62. The van der Waals surface area contributed by atoms with Crippen molar-refractivity contribution < 1.29 is 9.90 Å². The summed E-state index contributed by atoms with van der Waals surface area (Å²) in [6.45, 7) is 2.72. The Balaban J connectivity index is 1.79. The number of para-hydroxylation sites is 1. The summed E-state index contributed by atoms with van der Waals surface area (Å²) in [5, 5.41) is 9.11. The van der Waals surface area contributed by atoms with E-state index >= 15 is 0 Å². The zero-order valence-electron chi connectivity index (χ0n) is 13.7. The van der Waals surface area contributed by atoms with Gasteiger partial charge in [-0.15, -0.1) is 0 Å². The highest BCUT2D eigenvalue weighted by Crippen LogP contribution is 2.33. The molecule has 0 bridgehead atoms. The van der Waals surface area contributed by atoms with Crippen molar-refractivity contribution in [2.75, 3.05) is 31.1 Å². The minimum atomic E-state index is -0.805. The number of carboxylic acid groups (broad SMARTS) is 1. The van der Waals surface area contributed by atoms with Gasteiger partial charge in [-0.05, 0) is 37.3 Å². The molecular formula is C19H26N2O2. The first-order chi connectivity index (χ1) is 11.3. The van der Waals surface area contributed by atoms with Crippen LogP contribution in [-0.2, 0) is 0 Å². The zero-order chi connectivity index (χ0) is 16.1. The van der Waals surface area contributed by atoms with Crippen molar-refractivity contribution in [2.24, 2.45) is 0 Å². The second kappa shape index (κ2) is 7.53.